The summed E-state index contributed by atoms with van der Waals surface area (Å²) >= 11 is 0. The van der Waals surface area contributed by atoms with Crippen LogP contribution in [0.5, 0.6) is 0 Å². The van der Waals surface area contributed by atoms with Crippen LogP contribution in [0.3, 0.4) is 0 Å². The number of carboxylic acid groups (broad SMARTS) is 1. The van der Waals surface area contributed by atoms with Gasteiger partial charge in [-0.05, 0) is 36.9 Å². The standard InChI is InChI=1S/C14H19NO2/c1-2-7-15(10-14(16)17)13-8-11-5-3-4-6-12(11)9-13/h3-6,13H,2,7-10H2,1H3,(H,16,17). The first-order valence-corrected chi connectivity index (χ1v) is 6.23. The Morgan fingerprint density at radius 3 is 2.41 bits per heavy atom. The molecule has 1 aliphatic rings. The van der Waals surface area contributed by atoms with Crippen LogP contribution in [0, 0.1) is 0 Å². The molecule has 0 bridgehead atoms. The molecule has 1 aromatic carbocycles. The number of benzene rings is 1. The van der Waals surface area contributed by atoms with E-state index in [2.05, 4.69) is 36.1 Å². The fraction of sp³-hybridized carbons (Fsp3) is 0.500. The van der Waals surface area contributed by atoms with Crippen LogP contribution in [0.2, 0.25) is 0 Å². The molecule has 0 radical (unpaired) electrons. The molecular formula is C14H19NO2. The van der Waals surface area contributed by atoms with Crippen molar-refractivity contribution in [2.24, 2.45) is 0 Å². The fourth-order valence-electron chi connectivity index (χ4n) is 2.65. The van der Waals surface area contributed by atoms with Gasteiger partial charge in [0.1, 0.15) is 0 Å². The molecule has 0 saturated carbocycles. The Morgan fingerprint density at radius 2 is 1.94 bits per heavy atom. The maximum atomic E-state index is 10.9. The largest absolute Gasteiger partial charge is 0.480 e. The Kier molecular flexibility index (Phi) is 3.79. The van der Waals surface area contributed by atoms with E-state index in [4.69, 9.17) is 5.11 Å². The van der Waals surface area contributed by atoms with Gasteiger partial charge in [0.25, 0.3) is 0 Å². The summed E-state index contributed by atoms with van der Waals surface area (Å²) in [5.41, 5.74) is 2.76. The smallest absolute Gasteiger partial charge is 0.317 e. The van der Waals surface area contributed by atoms with Crippen molar-refractivity contribution in [2.75, 3.05) is 13.1 Å². The summed E-state index contributed by atoms with van der Waals surface area (Å²) in [6.07, 6.45) is 2.98. The van der Waals surface area contributed by atoms with Crippen molar-refractivity contribution in [3.63, 3.8) is 0 Å². The normalized spacial score (nSPS) is 15.2. The number of aliphatic carboxylic acids is 1. The van der Waals surface area contributed by atoms with Crippen LogP contribution < -0.4 is 0 Å². The average Bonchev–Trinajstić information content (AvgIpc) is 2.71. The third-order valence-corrected chi connectivity index (χ3v) is 3.40. The molecule has 1 N–H and O–H groups in total. The quantitative estimate of drug-likeness (QED) is 0.845. The molecule has 0 atom stereocenters. The Balaban J connectivity index is 2.05. The van der Waals surface area contributed by atoms with Crippen molar-refractivity contribution >= 4 is 5.97 Å². The van der Waals surface area contributed by atoms with Crippen LogP contribution in [0.25, 0.3) is 0 Å². The molecule has 0 spiro atoms. The molecule has 0 aromatic heterocycles. The van der Waals surface area contributed by atoms with Gasteiger partial charge in [-0.3, -0.25) is 9.69 Å². The minimum Gasteiger partial charge on any atom is -0.480 e. The molecule has 0 aliphatic heterocycles. The summed E-state index contributed by atoms with van der Waals surface area (Å²) < 4.78 is 0. The van der Waals surface area contributed by atoms with Crippen molar-refractivity contribution < 1.29 is 9.90 Å². The van der Waals surface area contributed by atoms with Gasteiger partial charge in [0, 0.05) is 6.04 Å². The topological polar surface area (TPSA) is 40.5 Å². The first-order valence-electron chi connectivity index (χ1n) is 6.23. The van der Waals surface area contributed by atoms with Gasteiger partial charge in [0.15, 0.2) is 0 Å². The van der Waals surface area contributed by atoms with E-state index in [9.17, 15) is 4.79 Å². The lowest BCUT2D eigenvalue weighted by Crippen LogP contribution is -2.40. The highest BCUT2D eigenvalue weighted by molar-refractivity contribution is 5.69. The predicted octanol–water partition coefficient (Wildman–Crippen LogP) is 1.95. The van der Waals surface area contributed by atoms with Crippen molar-refractivity contribution in [3.05, 3.63) is 35.4 Å². The highest BCUT2D eigenvalue weighted by Gasteiger charge is 2.27. The Morgan fingerprint density at radius 1 is 1.35 bits per heavy atom. The number of rotatable bonds is 5. The number of nitrogens with zero attached hydrogens (tertiary/aromatic N) is 1. The minimum atomic E-state index is -0.727. The van der Waals surface area contributed by atoms with Crippen LogP contribution in [-0.4, -0.2) is 35.1 Å². The molecule has 3 nitrogen and oxygen atoms in total. The van der Waals surface area contributed by atoms with Crippen LogP contribution in [0.4, 0.5) is 0 Å². The summed E-state index contributed by atoms with van der Waals surface area (Å²) in [6, 6.07) is 8.79. The zero-order chi connectivity index (χ0) is 12.3. The molecule has 0 amide bonds. The highest BCUT2D eigenvalue weighted by Crippen LogP contribution is 2.25. The molecule has 2 rings (SSSR count). The van der Waals surface area contributed by atoms with Gasteiger partial charge in [-0.2, -0.15) is 0 Å². The summed E-state index contributed by atoms with van der Waals surface area (Å²) in [4.78, 5) is 13.0. The first-order chi connectivity index (χ1) is 8.20. The van der Waals surface area contributed by atoms with Crippen LogP contribution >= 0.6 is 0 Å². The van der Waals surface area contributed by atoms with Crippen molar-refractivity contribution in [1.29, 1.82) is 0 Å². The van der Waals surface area contributed by atoms with E-state index in [1.54, 1.807) is 0 Å². The number of carbonyl (C=O) groups is 1. The van der Waals surface area contributed by atoms with E-state index in [-0.39, 0.29) is 6.54 Å². The Hall–Kier alpha value is -1.35. The van der Waals surface area contributed by atoms with Crippen molar-refractivity contribution in [2.45, 2.75) is 32.2 Å². The van der Waals surface area contributed by atoms with E-state index in [1.807, 2.05) is 0 Å². The minimum absolute atomic E-state index is 0.159. The van der Waals surface area contributed by atoms with Crippen molar-refractivity contribution in [1.82, 2.24) is 4.90 Å². The molecule has 0 saturated heterocycles. The van der Waals surface area contributed by atoms with E-state index in [0.717, 1.165) is 25.8 Å². The zero-order valence-electron chi connectivity index (χ0n) is 10.2. The van der Waals surface area contributed by atoms with E-state index < -0.39 is 5.97 Å². The lowest BCUT2D eigenvalue weighted by atomic mass is 10.1. The molecular weight excluding hydrogens is 214 g/mol. The summed E-state index contributed by atoms with van der Waals surface area (Å²) in [6.45, 7) is 3.12. The van der Waals surface area contributed by atoms with Gasteiger partial charge in [-0.1, -0.05) is 31.2 Å². The highest BCUT2D eigenvalue weighted by atomic mass is 16.4. The fourth-order valence-corrected chi connectivity index (χ4v) is 2.65. The Bertz CT molecular complexity index is 378. The molecule has 3 heteroatoms. The second-order valence-electron chi connectivity index (χ2n) is 4.69. The molecule has 92 valence electrons. The number of carboxylic acids is 1. The summed E-state index contributed by atoms with van der Waals surface area (Å²) in [5, 5.41) is 8.95. The monoisotopic (exact) mass is 233 g/mol. The van der Waals surface area contributed by atoms with Gasteiger partial charge in [0.05, 0.1) is 6.54 Å². The molecule has 0 fully saturated rings. The van der Waals surface area contributed by atoms with Crippen LogP contribution in [0.15, 0.2) is 24.3 Å². The molecule has 1 aliphatic carbocycles. The third-order valence-electron chi connectivity index (χ3n) is 3.40. The van der Waals surface area contributed by atoms with Gasteiger partial charge < -0.3 is 5.11 Å². The lowest BCUT2D eigenvalue weighted by molar-refractivity contribution is -0.138. The zero-order valence-corrected chi connectivity index (χ0v) is 10.2. The maximum absolute atomic E-state index is 10.9. The van der Waals surface area contributed by atoms with Crippen LogP contribution in [-0.2, 0) is 17.6 Å². The van der Waals surface area contributed by atoms with Gasteiger partial charge in [-0.15, -0.1) is 0 Å². The summed E-state index contributed by atoms with van der Waals surface area (Å²) in [7, 11) is 0. The van der Waals surface area contributed by atoms with Gasteiger partial charge in [0.2, 0.25) is 0 Å². The van der Waals surface area contributed by atoms with Gasteiger partial charge >= 0.3 is 5.97 Å². The SMILES string of the molecule is CCCN(CC(=O)O)C1Cc2ccccc2C1. The van der Waals surface area contributed by atoms with E-state index in [1.165, 1.54) is 11.1 Å². The van der Waals surface area contributed by atoms with Gasteiger partial charge in [-0.25, -0.2) is 0 Å². The molecule has 1 aromatic rings. The number of hydrogen-bond donors (Lipinski definition) is 1. The summed E-state index contributed by atoms with van der Waals surface area (Å²) in [5.74, 6) is -0.727. The molecule has 0 heterocycles. The number of hydrogen-bond acceptors (Lipinski definition) is 2. The molecule has 17 heavy (non-hydrogen) atoms. The second-order valence-corrected chi connectivity index (χ2v) is 4.69. The average molecular weight is 233 g/mol. The van der Waals surface area contributed by atoms with E-state index in [0.29, 0.717) is 6.04 Å². The van der Waals surface area contributed by atoms with E-state index >= 15 is 0 Å². The number of fused-ring (bicyclic) bond motifs is 1. The van der Waals surface area contributed by atoms with Crippen molar-refractivity contribution in [3.8, 4) is 0 Å². The third kappa shape index (κ3) is 2.86. The Labute approximate surface area is 102 Å². The van der Waals surface area contributed by atoms with Crippen LogP contribution in [0.1, 0.15) is 24.5 Å². The lowest BCUT2D eigenvalue weighted by Gasteiger charge is -2.26. The molecule has 0 unspecified atom stereocenters. The maximum Gasteiger partial charge on any atom is 0.317 e. The first kappa shape index (κ1) is 12.1. The second kappa shape index (κ2) is 5.32. The predicted molar refractivity (Wildman–Crippen MR) is 67.1 cm³/mol.